The summed E-state index contributed by atoms with van der Waals surface area (Å²) in [7, 11) is 2.05. The van der Waals surface area contributed by atoms with Gasteiger partial charge in [-0.1, -0.05) is 48.5 Å². The van der Waals surface area contributed by atoms with Crippen LogP contribution in [0, 0.1) is 0 Å². The van der Waals surface area contributed by atoms with E-state index >= 15 is 0 Å². The van der Waals surface area contributed by atoms with Gasteiger partial charge in [-0.15, -0.1) is 0 Å². The highest BCUT2D eigenvalue weighted by molar-refractivity contribution is 5.97. The number of carbonyl (C=O) groups is 2. The molecule has 204 valence electrons. The molecule has 3 heterocycles. The molecule has 0 saturated carbocycles. The fourth-order valence-corrected chi connectivity index (χ4v) is 5.39. The fourth-order valence-electron chi connectivity index (χ4n) is 5.39. The highest BCUT2D eigenvalue weighted by Gasteiger charge is 2.26. The predicted molar refractivity (Wildman–Crippen MR) is 154 cm³/mol. The van der Waals surface area contributed by atoms with Gasteiger partial charge in [0.25, 0.3) is 11.5 Å². The van der Waals surface area contributed by atoms with E-state index in [0.29, 0.717) is 36.5 Å². The first-order chi connectivity index (χ1) is 19.5. The maximum Gasteiger partial charge on any atom is 0.272 e. The van der Waals surface area contributed by atoms with Gasteiger partial charge in [0.2, 0.25) is 5.91 Å². The van der Waals surface area contributed by atoms with Gasteiger partial charge in [0, 0.05) is 49.7 Å². The van der Waals surface area contributed by atoms with Crippen molar-refractivity contribution in [3.63, 3.8) is 0 Å². The Morgan fingerprint density at radius 1 is 0.900 bits per heavy atom. The number of H-pyrrole nitrogens is 1. The number of nitrogens with zero attached hydrogens (tertiary/aromatic N) is 4. The average Bonchev–Trinajstić information content (AvgIpc) is 3.41. The van der Waals surface area contributed by atoms with Crippen LogP contribution in [0.1, 0.15) is 11.1 Å². The molecule has 1 aromatic heterocycles. The third-order valence-electron chi connectivity index (χ3n) is 7.75. The average molecular weight is 538 g/mol. The number of aromatic nitrogens is 2. The second-order valence-corrected chi connectivity index (χ2v) is 10.4. The number of fused-ring (bicyclic) bond motifs is 2. The van der Waals surface area contributed by atoms with Crippen molar-refractivity contribution in [3.05, 3.63) is 88.2 Å². The summed E-state index contributed by atoms with van der Waals surface area (Å²) in [6.07, 6.45) is 1.04. The first kappa shape index (κ1) is 25.8. The zero-order valence-electron chi connectivity index (χ0n) is 22.4. The molecule has 6 rings (SSSR count). The highest BCUT2D eigenvalue weighted by atomic mass is 16.5. The summed E-state index contributed by atoms with van der Waals surface area (Å²) in [6, 6.07) is 20.8. The van der Waals surface area contributed by atoms with Gasteiger partial charge in [-0.2, -0.15) is 5.10 Å². The molecule has 2 aliphatic heterocycles. The number of likely N-dealkylation sites (N-methyl/N-ethyl adjacent to an activating group) is 1. The van der Waals surface area contributed by atoms with Crippen LogP contribution in [0.4, 0.5) is 5.69 Å². The van der Waals surface area contributed by atoms with Gasteiger partial charge >= 0.3 is 0 Å². The second kappa shape index (κ2) is 10.9. The van der Waals surface area contributed by atoms with Crippen molar-refractivity contribution >= 4 is 28.3 Å². The molecule has 40 heavy (non-hydrogen) atoms. The molecular formula is C31H31N5O4. The van der Waals surface area contributed by atoms with E-state index in [2.05, 4.69) is 22.1 Å². The van der Waals surface area contributed by atoms with E-state index in [-0.39, 0.29) is 30.4 Å². The van der Waals surface area contributed by atoms with Gasteiger partial charge in [-0.25, -0.2) is 5.10 Å². The third-order valence-corrected chi connectivity index (χ3v) is 7.75. The summed E-state index contributed by atoms with van der Waals surface area (Å²) < 4.78 is 5.84. The summed E-state index contributed by atoms with van der Waals surface area (Å²) in [5, 5.41) is 8.22. The van der Waals surface area contributed by atoms with E-state index in [0.717, 1.165) is 47.3 Å². The standard InChI is InChI=1S/C31H31N5O4/c1-34-14-16-35(17-15-34)29(38)20-40-24-11-10-22-12-13-36(27(22)19-24)28(37)18-21-6-8-23(9-7-21)30-25-4-2-3-5-26(25)31(39)33-32-30/h2-11,19H,12-18,20H2,1H3,(H,33,39). The molecule has 2 aliphatic rings. The van der Waals surface area contributed by atoms with Crippen molar-refractivity contribution in [1.82, 2.24) is 20.0 Å². The van der Waals surface area contributed by atoms with Crippen molar-refractivity contribution in [3.8, 4) is 17.0 Å². The lowest BCUT2D eigenvalue weighted by Crippen LogP contribution is -2.48. The summed E-state index contributed by atoms with van der Waals surface area (Å²) in [4.78, 5) is 43.9. The number of ether oxygens (including phenoxy) is 1. The Morgan fingerprint density at radius 3 is 2.42 bits per heavy atom. The van der Waals surface area contributed by atoms with Crippen LogP contribution in [0.25, 0.3) is 22.0 Å². The van der Waals surface area contributed by atoms with Gasteiger partial charge in [-0.3, -0.25) is 14.4 Å². The SMILES string of the molecule is CN1CCN(C(=O)COc2ccc3c(c2)N(C(=O)Cc2ccc(-c4n[nH]c(=O)c5ccccc45)cc2)CC3)CC1. The van der Waals surface area contributed by atoms with Gasteiger partial charge in [0.15, 0.2) is 6.61 Å². The van der Waals surface area contributed by atoms with Crippen LogP contribution in [0.5, 0.6) is 5.75 Å². The number of piperazine rings is 1. The highest BCUT2D eigenvalue weighted by Crippen LogP contribution is 2.32. The van der Waals surface area contributed by atoms with Crippen molar-refractivity contribution in [2.45, 2.75) is 12.8 Å². The van der Waals surface area contributed by atoms with Crippen molar-refractivity contribution < 1.29 is 14.3 Å². The first-order valence-electron chi connectivity index (χ1n) is 13.6. The second-order valence-electron chi connectivity index (χ2n) is 10.4. The Kier molecular flexibility index (Phi) is 7.04. The Morgan fingerprint density at radius 2 is 1.65 bits per heavy atom. The van der Waals surface area contributed by atoms with Crippen LogP contribution >= 0.6 is 0 Å². The lowest BCUT2D eigenvalue weighted by molar-refractivity contribution is -0.134. The van der Waals surface area contributed by atoms with Gasteiger partial charge < -0.3 is 19.4 Å². The molecule has 0 unspecified atom stereocenters. The molecule has 1 fully saturated rings. The molecule has 4 aromatic rings. The lowest BCUT2D eigenvalue weighted by Gasteiger charge is -2.32. The number of benzene rings is 3. The lowest BCUT2D eigenvalue weighted by atomic mass is 10.0. The number of rotatable bonds is 6. The van der Waals surface area contributed by atoms with Crippen LogP contribution in [-0.2, 0) is 22.4 Å². The zero-order chi connectivity index (χ0) is 27.6. The molecule has 0 bridgehead atoms. The normalized spacial score (nSPS) is 15.3. The van der Waals surface area contributed by atoms with Gasteiger partial charge in [0.1, 0.15) is 5.75 Å². The molecular weight excluding hydrogens is 506 g/mol. The van der Waals surface area contributed by atoms with E-state index < -0.39 is 0 Å². The largest absolute Gasteiger partial charge is 0.484 e. The van der Waals surface area contributed by atoms with Crippen LogP contribution in [0.3, 0.4) is 0 Å². The molecule has 1 saturated heterocycles. The minimum atomic E-state index is -0.220. The predicted octanol–water partition coefficient (Wildman–Crippen LogP) is 2.87. The summed E-state index contributed by atoms with van der Waals surface area (Å²) >= 11 is 0. The first-order valence-corrected chi connectivity index (χ1v) is 13.6. The maximum atomic E-state index is 13.3. The summed E-state index contributed by atoms with van der Waals surface area (Å²) in [6.45, 7) is 3.76. The minimum Gasteiger partial charge on any atom is -0.484 e. The molecule has 0 radical (unpaired) electrons. The van der Waals surface area contributed by atoms with Crippen molar-refractivity contribution in [2.24, 2.45) is 0 Å². The van der Waals surface area contributed by atoms with Gasteiger partial charge in [0.05, 0.1) is 23.2 Å². The number of aromatic amines is 1. The number of hydrogen-bond donors (Lipinski definition) is 1. The summed E-state index contributed by atoms with van der Waals surface area (Å²) in [5.74, 6) is 0.575. The molecule has 0 aliphatic carbocycles. The van der Waals surface area contributed by atoms with E-state index in [9.17, 15) is 14.4 Å². The Balaban J connectivity index is 1.12. The number of amides is 2. The quantitative estimate of drug-likeness (QED) is 0.406. The van der Waals surface area contributed by atoms with E-state index in [1.807, 2.05) is 65.6 Å². The minimum absolute atomic E-state index is 0.00442. The van der Waals surface area contributed by atoms with Crippen LogP contribution in [-0.4, -0.2) is 78.2 Å². The Bertz CT molecular complexity index is 1620. The molecule has 9 heteroatoms. The molecule has 0 atom stereocenters. The van der Waals surface area contributed by atoms with Crippen LogP contribution in [0.15, 0.2) is 71.5 Å². The molecule has 9 nitrogen and oxygen atoms in total. The topological polar surface area (TPSA) is 98.8 Å². The molecule has 3 aromatic carbocycles. The molecule has 2 amide bonds. The molecule has 1 N–H and O–H groups in total. The number of nitrogens with one attached hydrogen (secondary N) is 1. The number of anilines is 1. The fraction of sp³-hybridized carbons (Fsp3) is 0.290. The van der Waals surface area contributed by atoms with Crippen molar-refractivity contribution in [1.29, 1.82) is 0 Å². The third kappa shape index (κ3) is 5.20. The van der Waals surface area contributed by atoms with E-state index in [4.69, 9.17) is 4.74 Å². The number of carbonyl (C=O) groups excluding carboxylic acids is 2. The number of hydrogen-bond acceptors (Lipinski definition) is 6. The van der Waals surface area contributed by atoms with E-state index in [1.54, 1.807) is 11.0 Å². The van der Waals surface area contributed by atoms with Crippen LogP contribution in [0.2, 0.25) is 0 Å². The molecule has 0 spiro atoms. The Hall–Kier alpha value is -4.50. The zero-order valence-corrected chi connectivity index (χ0v) is 22.4. The monoisotopic (exact) mass is 537 g/mol. The smallest absolute Gasteiger partial charge is 0.272 e. The van der Waals surface area contributed by atoms with E-state index in [1.165, 1.54) is 0 Å². The Labute approximate surface area is 232 Å². The summed E-state index contributed by atoms with van der Waals surface area (Å²) in [5.41, 5.74) is 4.17. The maximum absolute atomic E-state index is 13.3. The van der Waals surface area contributed by atoms with Gasteiger partial charge in [-0.05, 0) is 36.7 Å². The van der Waals surface area contributed by atoms with Crippen molar-refractivity contribution in [2.75, 3.05) is 51.3 Å². The van der Waals surface area contributed by atoms with Crippen LogP contribution < -0.4 is 15.2 Å².